The molecule has 1 nitrogen and oxygen atoms in total. The second kappa shape index (κ2) is 5.31. The second-order valence-electron chi connectivity index (χ2n) is 5.17. The minimum atomic E-state index is -4.24. The van der Waals surface area contributed by atoms with Crippen LogP contribution >= 0.6 is 0 Å². The van der Waals surface area contributed by atoms with Crippen LogP contribution in [0.2, 0.25) is 0 Å². The summed E-state index contributed by atoms with van der Waals surface area (Å²) in [6, 6.07) is 6.52. The van der Waals surface area contributed by atoms with E-state index in [0.29, 0.717) is 11.5 Å². The van der Waals surface area contributed by atoms with Crippen molar-refractivity contribution in [2.75, 3.05) is 0 Å². The molecule has 1 saturated carbocycles. The molecule has 0 aromatic heterocycles. The standard InChI is InChI=1S/C14H18F3N/c1-10-7-8-12(9-10)18-13(14(15,16)17)11-5-3-2-4-6-11/h2-6,10,12-13,18H,7-9H2,1H3. The number of rotatable bonds is 3. The van der Waals surface area contributed by atoms with Crippen LogP contribution in [0.1, 0.15) is 37.8 Å². The van der Waals surface area contributed by atoms with Crippen molar-refractivity contribution in [3.63, 3.8) is 0 Å². The topological polar surface area (TPSA) is 12.0 Å². The van der Waals surface area contributed by atoms with E-state index in [-0.39, 0.29) is 6.04 Å². The summed E-state index contributed by atoms with van der Waals surface area (Å²) in [5.41, 5.74) is 0.296. The van der Waals surface area contributed by atoms with Crippen molar-refractivity contribution in [3.05, 3.63) is 35.9 Å². The molecule has 4 heteroatoms. The van der Waals surface area contributed by atoms with E-state index < -0.39 is 12.2 Å². The van der Waals surface area contributed by atoms with Gasteiger partial charge in [-0.05, 0) is 30.7 Å². The van der Waals surface area contributed by atoms with Gasteiger partial charge >= 0.3 is 6.18 Å². The fourth-order valence-corrected chi connectivity index (χ4v) is 2.62. The van der Waals surface area contributed by atoms with Crippen LogP contribution in [0.4, 0.5) is 13.2 Å². The molecule has 1 fully saturated rings. The Balaban J connectivity index is 2.12. The maximum absolute atomic E-state index is 13.1. The monoisotopic (exact) mass is 257 g/mol. The van der Waals surface area contributed by atoms with Gasteiger partial charge in [0.15, 0.2) is 0 Å². The van der Waals surface area contributed by atoms with Crippen molar-refractivity contribution < 1.29 is 13.2 Å². The van der Waals surface area contributed by atoms with Crippen LogP contribution in [-0.4, -0.2) is 12.2 Å². The molecule has 1 aromatic carbocycles. The van der Waals surface area contributed by atoms with Crippen LogP contribution in [0.3, 0.4) is 0 Å². The summed E-state index contributed by atoms with van der Waals surface area (Å²) in [4.78, 5) is 0. The van der Waals surface area contributed by atoms with E-state index in [2.05, 4.69) is 12.2 Å². The molecule has 0 aliphatic heterocycles. The molecule has 2 rings (SSSR count). The highest BCUT2D eigenvalue weighted by atomic mass is 19.4. The van der Waals surface area contributed by atoms with Gasteiger partial charge in [-0.1, -0.05) is 37.3 Å². The van der Waals surface area contributed by atoms with E-state index in [4.69, 9.17) is 0 Å². The maximum Gasteiger partial charge on any atom is 0.407 e. The lowest BCUT2D eigenvalue weighted by atomic mass is 10.0. The van der Waals surface area contributed by atoms with E-state index in [1.807, 2.05) is 0 Å². The van der Waals surface area contributed by atoms with Crippen LogP contribution in [0.5, 0.6) is 0 Å². The van der Waals surface area contributed by atoms with Crippen LogP contribution in [0.25, 0.3) is 0 Å². The van der Waals surface area contributed by atoms with Crippen molar-refractivity contribution in [2.45, 2.75) is 44.4 Å². The number of hydrogen-bond acceptors (Lipinski definition) is 1. The molecular formula is C14H18F3N. The van der Waals surface area contributed by atoms with Gasteiger partial charge in [0.25, 0.3) is 0 Å². The predicted molar refractivity (Wildman–Crippen MR) is 65.2 cm³/mol. The molecule has 0 amide bonds. The lowest BCUT2D eigenvalue weighted by Crippen LogP contribution is -2.39. The first kappa shape index (κ1) is 13.4. The third-order valence-electron chi connectivity index (χ3n) is 3.56. The minimum Gasteiger partial charge on any atom is -0.300 e. The Morgan fingerprint density at radius 1 is 1.17 bits per heavy atom. The van der Waals surface area contributed by atoms with Gasteiger partial charge in [0.1, 0.15) is 6.04 Å². The smallest absolute Gasteiger partial charge is 0.300 e. The SMILES string of the molecule is CC1CCC(NC(c2ccccc2)C(F)(F)F)C1. The first-order valence-electron chi connectivity index (χ1n) is 6.34. The highest BCUT2D eigenvalue weighted by Gasteiger charge is 2.42. The summed E-state index contributed by atoms with van der Waals surface area (Å²) in [5.74, 6) is 0.521. The Bertz CT molecular complexity index is 374. The molecule has 1 aliphatic carbocycles. The third-order valence-corrected chi connectivity index (χ3v) is 3.56. The zero-order valence-electron chi connectivity index (χ0n) is 10.4. The number of halogens is 3. The number of alkyl halides is 3. The molecule has 1 aromatic rings. The average Bonchev–Trinajstić information content (AvgIpc) is 2.72. The highest BCUT2D eigenvalue weighted by molar-refractivity contribution is 5.20. The van der Waals surface area contributed by atoms with Gasteiger partial charge < -0.3 is 0 Å². The normalized spacial score (nSPS) is 26.2. The summed E-state index contributed by atoms with van der Waals surface area (Å²) < 4.78 is 39.3. The summed E-state index contributed by atoms with van der Waals surface area (Å²) in [5, 5.41) is 2.78. The molecular weight excluding hydrogens is 239 g/mol. The zero-order chi connectivity index (χ0) is 13.2. The molecule has 0 radical (unpaired) electrons. The molecule has 1 N–H and O–H groups in total. The van der Waals surface area contributed by atoms with Crippen LogP contribution in [0, 0.1) is 5.92 Å². The van der Waals surface area contributed by atoms with Gasteiger partial charge in [0.05, 0.1) is 0 Å². The fourth-order valence-electron chi connectivity index (χ4n) is 2.62. The van der Waals surface area contributed by atoms with E-state index >= 15 is 0 Å². The molecule has 100 valence electrons. The molecule has 0 bridgehead atoms. The van der Waals surface area contributed by atoms with Gasteiger partial charge in [0.2, 0.25) is 0 Å². The second-order valence-corrected chi connectivity index (χ2v) is 5.17. The van der Waals surface area contributed by atoms with Crippen LogP contribution in [0.15, 0.2) is 30.3 Å². The van der Waals surface area contributed by atoms with Gasteiger partial charge in [-0.2, -0.15) is 13.2 Å². The molecule has 18 heavy (non-hydrogen) atoms. The summed E-state index contributed by atoms with van der Waals surface area (Å²) in [7, 11) is 0. The van der Waals surface area contributed by atoms with Gasteiger partial charge in [-0.3, -0.25) is 5.32 Å². The number of nitrogens with one attached hydrogen (secondary N) is 1. The number of benzene rings is 1. The van der Waals surface area contributed by atoms with Crippen molar-refractivity contribution in [1.29, 1.82) is 0 Å². The Morgan fingerprint density at radius 3 is 2.33 bits per heavy atom. The first-order valence-corrected chi connectivity index (χ1v) is 6.34. The van der Waals surface area contributed by atoms with Crippen molar-refractivity contribution >= 4 is 0 Å². The van der Waals surface area contributed by atoms with E-state index in [1.165, 1.54) is 12.1 Å². The quantitative estimate of drug-likeness (QED) is 0.860. The Kier molecular flexibility index (Phi) is 3.95. The van der Waals surface area contributed by atoms with Crippen molar-refractivity contribution in [3.8, 4) is 0 Å². The largest absolute Gasteiger partial charge is 0.407 e. The lowest BCUT2D eigenvalue weighted by Gasteiger charge is -2.25. The van der Waals surface area contributed by atoms with E-state index in [0.717, 1.165) is 19.3 Å². The Hall–Kier alpha value is -1.03. The maximum atomic E-state index is 13.1. The molecule has 0 spiro atoms. The summed E-state index contributed by atoms with van der Waals surface area (Å²) in [6.07, 6.45) is -1.57. The molecule has 0 heterocycles. The van der Waals surface area contributed by atoms with Crippen LogP contribution < -0.4 is 5.32 Å². The summed E-state index contributed by atoms with van der Waals surface area (Å²) in [6.45, 7) is 2.09. The molecule has 0 saturated heterocycles. The third kappa shape index (κ3) is 3.25. The first-order chi connectivity index (χ1) is 8.47. The molecule has 1 aliphatic rings. The van der Waals surface area contributed by atoms with Gasteiger partial charge in [-0.15, -0.1) is 0 Å². The molecule has 3 atom stereocenters. The van der Waals surface area contributed by atoms with E-state index in [1.54, 1.807) is 18.2 Å². The summed E-state index contributed by atoms with van der Waals surface area (Å²) >= 11 is 0. The fraction of sp³-hybridized carbons (Fsp3) is 0.571. The Morgan fingerprint density at radius 2 is 1.83 bits per heavy atom. The highest BCUT2D eigenvalue weighted by Crippen LogP contribution is 2.35. The van der Waals surface area contributed by atoms with Gasteiger partial charge in [-0.25, -0.2) is 0 Å². The zero-order valence-corrected chi connectivity index (χ0v) is 10.4. The number of hydrogen-bond donors (Lipinski definition) is 1. The van der Waals surface area contributed by atoms with Crippen molar-refractivity contribution in [2.24, 2.45) is 5.92 Å². The average molecular weight is 257 g/mol. The van der Waals surface area contributed by atoms with E-state index in [9.17, 15) is 13.2 Å². The van der Waals surface area contributed by atoms with Crippen molar-refractivity contribution in [1.82, 2.24) is 5.32 Å². The minimum absolute atomic E-state index is 0.0215. The predicted octanol–water partition coefficient (Wildman–Crippen LogP) is 4.07. The lowest BCUT2D eigenvalue weighted by molar-refractivity contribution is -0.159. The Labute approximate surface area is 105 Å². The molecule has 3 unspecified atom stereocenters. The van der Waals surface area contributed by atoms with Gasteiger partial charge in [0, 0.05) is 6.04 Å². The van der Waals surface area contributed by atoms with Crippen LogP contribution in [-0.2, 0) is 0 Å².